The normalized spacial score (nSPS) is 19.0. The second-order valence-corrected chi connectivity index (χ2v) is 5.77. The van der Waals surface area contributed by atoms with Gasteiger partial charge in [-0.15, -0.1) is 0 Å². The van der Waals surface area contributed by atoms with Crippen LogP contribution in [0.2, 0.25) is 0 Å². The van der Waals surface area contributed by atoms with E-state index in [9.17, 15) is 4.39 Å². The number of nitrogens with zero attached hydrogens (tertiary/aromatic N) is 1. The number of ether oxygens (including phenoxy) is 1. The predicted molar refractivity (Wildman–Crippen MR) is 85.2 cm³/mol. The van der Waals surface area contributed by atoms with Gasteiger partial charge in [-0.1, -0.05) is 19.4 Å². The van der Waals surface area contributed by atoms with Crippen LogP contribution in [0.25, 0.3) is 0 Å². The molecule has 1 N–H and O–H groups in total. The summed E-state index contributed by atoms with van der Waals surface area (Å²) < 4.78 is 19.2. The van der Waals surface area contributed by atoms with Crippen molar-refractivity contribution in [2.75, 3.05) is 38.3 Å². The average molecular weight is 294 g/mol. The van der Waals surface area contributed by atoms with Crippen molar-refractivity contribution in [3.05, 3.63) is 29.6 Å². The zero-order chi connectivity index (χ0) is 15.1. The zero-order valence-electron chi connectivity index (χ0n) is 13.2. The molecule has 1 aliphatic rings. The molecule has 1 heterocycles. The molecule has 0 aliphatic carbocycles. The van der Waals surface area contributed by atoms with Gasteiger partial charge in [0.05, 0.1) is 6.61 Å². The van der Waals surface area contributed by atoms with Gasteiger partial charge in [0.15, 0.2) is 0 Å². The van der Waals surface area contributed by atoms with E-state index in [1.165, 1.54) is 19.3 Å². The molecule has 1 saturated heterocycles. The highest BCUT2D eigenvalue weighted by Gasteiger charge is 2.21. The second kappa shape index (κ2) is 8.35. The molecular formula is C17H27FN2O. The molecule has 1 atom stereocenters. The topological polar surface area (TPSA) is 24.5 Å². The Morgan fingerprint density at radius 2 is 2.29 bits per heavy atom. The third-order valence-corrected chi connectivity index (χ3v) is 4.32. The van der Waals surface area contributed by atoms with E-state index >= 15 is 0 Å². The fourth-order valence-corrected chi connectivity index (χ4v) is 3.02. The molecule has 118 valence electrons. The molecule has 3 nitrogen and oxygen atoms in total. The Kier molecular flexibility index (Phi) is 6.46. The molecular weight excluding hydrogens is 267 g/mol. The summed E-state index contributed by atoms with van der Waals surface area (Å²) in [5, 5.41) is 3.26. The van der Waals surface area contributed by atoms with Crippen molar-refractivity contribution >= 4 is 5.69 Å². The molecule has 1 aliphatic heterocycles. The lowest BCUT2D eigenvalue weighted by molar-refractivity contribution is 0.199. The largest absolute Gasteiger partial charge is 0.383 e. The van der Waals surface area contributed by atoms with Gasteiger partial charge in [-0.25, -0.2) is 4.39 Å². The molecule has 0 bridgehead atoms. The maximum Gasteiger partial charge on any atom is 0.129 e. The van der Waals surface area contributed by atoms with E-state index in [0.717, 1.165) is 36.8 Å². The molecule has 1 unspecified atom stereocenters. The van der Waals surface area contributed by atoms with Crippen molar-refractivity contribution in [3.63, 3.8) is 0 Å². The summed E-state index contributed by atoms with van der Waals surface area (Å²) >= 11 is 0. The maximum atomic E-state index is 14.2. The first-order valence-corrected chi connectivity index (χ1v) is 7.98. The van der Waals surface area contributed by atoms with Crippen LogP contribution in [-0.4, -0.2) is 33.4 Å². The van der Waals surface area contributed by atoms with E-state index in [1.54, 1.807) is 13.2 Å². The Morgan fingerprint density at radius 1 is 1.43 bits per heavy atom. The lowest BCUT2D eigenvalue weighted by Gasteiger charge is -2.35. The van der Waals surface area contributed by atoms with Crippen molar-refractivity contribution in [2.45, 2.75) is 32.7 Å². The Balaban J connectivity index is 2.08. The number of methoxy groups -OCH3 is 1. The summed E-state index contributed by atoms with van der Waals surface area (Å²) in [5.41, 5.74) is 1.84. The van der Waals surface area contributed by atoms with Gasteiger partial charge in [-0.2, -0.15) is 0 Å². The third kappa shape index (κ3) is 4.42. The van der Waals surface area contributed by atoms with E-state index < -0.39 is 0 Å². The summed E-state index contributed by atoms with van der Waals surface area (Å²) in [7, 11) is 1.68. The van der Waals surface area contributed by atoms with Crippen LogP contribution in [0.1, 0.15) is 31.7 Å². The average Bonchev–Trinajstić information content (AvgIpc) is 2.52. The molecule has 1 fully saturated rings. The summed E-state index contributed by atoms with van der Waals surface area (Å²) in [6.45, 7) is 6.26. The van der Waals surface area contributed by atoms with Crippen molar-refractivity contribution < 1.29 is 9.13 Å². The summed E-state index contributed by atoms with van der Waals surface area (Å²) in [6.07, 6.45) is 3.70. The lowest BCUT2D eigenvalue weighted by atomic mass is 9.94. The molecule has 21 heavy (non-hydrogen) atoms. The minimum absolute atomic E-state index is 0.115. The van der Waals surface area contributed by atoms with Gasteiger partial charge in [0.2, 0.25) is 0 Å². The minimum Gasteiger partial charge on any atom is -0.383 e. The van der Waals surface area contributed by atoms with Crippen molar-refractivity contribution in [1.29, 1.82) is 0 Å². The number of piperidine rings is 1. The Bertz CT molecular complexity index is 439. The fraction of sp³-hybridized carbons (Fsp3) is 0.647. The molecule has 4 heteroatoms. The molecule has 2 rings (SSSR count). The monoisotopic (exact) mass is 294 g/mol. The van der Waals surface area contributed by atoms with E-state index in [1.807, 2.05) is 6.07 Å². The highest BCUT2D eigenvalue weighted by Crippen LogP contribution is 2.29. The van der Waals surface area contributed by atoms with Crippen LogP contribution < -0.4 is 10.2 Å². The molecule has 0 radical (unpaired) electrons. The third-order valence-electron chi connectivity index (χ3n) is 4.32. The number of hydrogen-bond acceptors (Lipinski definition) is 3. The standard InChI is InChI=1S/C17H27FN2O/c1-3-14-6-5-10-20(13-14)17-8-4-7-16(18)15(17)12-19-9-11-21-2/h4,7-8,14,19H,3,5-6,9-13H2,1-2H3. The summed E-state index contributed by atoms with van der Waals surface area (Å²) in [5.74, 6) is 0.618. The van der Waals surface area contributed by atoms with Crippen LogP contribution in [0.5, 0.6) is 0 Å². The minimum atomic E-state index is -0.115. The second-order valence-electron chi connectivity index (χ2n) is 5.77. The fourth-order valence-electron chi connectivity index (χ4n) is 3.02. The van der Waals surface area contributed by atoms with Crippen LogP contribution in [-0.2, 0) is 11.3 Å². The number of nitrogens with one attached hydrogen (secondary N) is 1. The number of anilines is 1. The predicted octanol–water partition coefficient (Wildman–Crippen LogP) is 3.19. The Hall–Kier alpha value is -1.13. The SMILES string of the molecule is CCC1CCCN(c2cccc(F)c2CNCCOC)C1. The first-order chi connectivity index (χ1) is 10.3. The number of halogens is 1. The number of benzene rings is 1. The van der Waals surface area contributed by atoms with Gasteiger partial charge in [0.25, 0.3) is 0 Å². The molecule has 0 amide bonds. The smallest absolute Gasteiger partial charge is 0.129 e. The first-order valence-electron chi connectivity index (χ1n) is 7.98. The zero-order valence-corrected chi connectivity index (χ0v) is 13.2. The number of rotatable bonds is 7. The molecule has 1 aromatic carbocycles. The molecule has 1 aromatic rings. The van der Waals surface area contributed by atoms with Gasteiger partial charge < -0.3 is 15.0 Å². The van der Waals surface area contributed by atoms with Crippen LogP contribution in [0, 0.1) is 11.7 Å². The Labute approximate surface area is 127 Å². The van der Waals surface area contributed by atoms with Crippen molar-refractivity contribution in [2.24, 2.45) is 5.92 Å². The number of hydrogen-bond donors (Lipinski definition) is 1. The Morgan fingerprint density at radius 3 is 3.05 bits per heavy atom. The molecule has 0 aromatic heterocycles. The molecule has 0 spiro atoms. The van der Waals surface area contributed by atoms with Crippen LogP contribution in [0.4, 0.5) is 10.1 Å². The first kappa shape index (κ1) is 16.2. The van der Waals surface area contributed by atoms with E-state index in [0.29, 0.717) is 13.2 Å². The molecule has 0 saturated carbocycles. The van der Waals surface area contributed by atoms with Gasteiger partial charge in [0.1, 0.15) is 5.82 Å². The summed E-state index contributed by atoms with van der Waals surface area (Å²) in [4.78, 5) is 2.36. The van der Waals surface area contributed by atoms with Crippen LogP contribution in [0.15, 0.2) is 18.2 Å². The van der Waals surface area contributed by atoms with E-state index in [2.05, 4.69) is 23.2 Å². The highest BCUT2D eigenvalue weighted by atomic mass is 19.1. The van der Waals surface area contributed by atoms with Crippen LogP contribution in [0.3, 0.4) is 0 Å². The van der Waals surface area contributed by atoms with Gasteiger partial charge in [-0.05, 0) is 30.9 Å². The maximum absolute atomic E-state index is 14.2. The van der Waals surface area contributed by atoms with Crippen LogP contribution >= 0.6 is 0 Å². The lowest BCUT2D eigenvalue weighted by Crippen LogP contribution is -2.36. The van der Waals surface area contributed by atoms with Gasteiger partial charge in [0, 0.05) is 44.5 Å². The quantitative estimate of drug-likeness (QED) is 0.782. The van der Waals surface area contributed by atoms with Gasteiger partial charge >= 0.3 is 0 Å². The highest BCUT2D eigenvalue weighted by molar-refractivity contribution is 5.54. The summed E-state index contributed by atoms with van der Waals surface area (Å²) in [6, 6.07) is 5.42. The van der Waals surface area contributed by atoms with Crippen molar-refractivity contribution in [1.82, 2.24) is 5.32 Å². The van der Waals surface area contributed by atoms with E-state index in [-0.39, 0.29) is 5.82 Å². The van der Waals surface area contributed by atoms with Crippen molar-refractivity contribution in [3.8, 4) is 0 Å². The van der Waals surface area contributed by atoms with E-state index in [4.69, 9.17) is 4.74 Å². The van der Waals surface area contributed by atoms with Gasteiger partial charge in [-0.3, -0.25) is 0 Å².